The Balaban J connectivity index is 2.56. The molecular formula is C13H6FNO. The Morgan fingerprint density at radius 2 is 2.00 bits per heavy atom. The lowest BCUT2D eigenvalue weighted by Gasteiger charge is -1.89. The van der Waals surface area contributed by atoms with Crippen LogP contribution in [0.2, 0.25) is 0 Å². The largest absolute Gasteiger partial charge is 0.455 e. The number of benzene rings is 2. The van der Waals surface area contributed by atoms with Gasteiger partial charge in [-0.05, 0) is 18.2 Å². The van der Waals surface area contributed by atoms with Crippen molar-refractivity contribution in [2.24, 2.45) is 0 Å². The molecule has 0 aliphatic carbocycles. The van der Waals surface area contributed by atoms with Crippen LogP contribution in [-0.4, -0.2) is 0 Å². The third kappa shape index (κ3) is 1.10. The van der Waals surface area contributed by atoms with E-state index in [1.165, 1.54) is 12.1 Å². The third-order valence-electron chi connectivity index (χ3n) is 2.58. The van der Waals surface area contributed by atoms with E-state index in [0.29, 0.717) is 16.7 Å². The second-order valence-electron chi connectivity index (χ2n) is 3.54. The van der Waals surface area contributed by atoms with Gasteiger partial charge in [0, 0.05) is 16.8 Å². The predicted octanol–water partition coefficient (Wildman–Crippen LogP) is 3.60. The number of furan rings is 1. The van der Waals surface area contributed by atoms with E-state index in [4.69, 9.17) is 9.68 Å². The molecular weight excluding hydrogens is 205 g/mol. The highest BCUT2D eigenvalue weighted by Gasteiger charge is 2.10. The summed E-state index contributed by atoms with van der Waals surface area (Å²) < 4.78 is 18.5. The summed E-state index contributed by atoms with van der Waals surface area (Å²) in [5.74, 6) is -0.343. The Morgan fingerprint density at radius 1 is 1.12 bits per heavy atom. The minimum atomic E-state index is -0.343. The SMILES string of the molecule is N#Cc1cccc2c1oc1cc(F)ccc12. The van der Waals surface area contributed by atoms with Crippen LogP contribution in [0.1, 0.15) is 5.56 Å². The molecule has 3 aromatic rings. The van der Waals surface area contributed by atoms with E-state index < -0.39 is 0 Å². The maximum atomic E-state index is 13.0. The summed E-state index contributed by atoms with van der Waals surface area (Å²) >= 11 is 0. The summed E-state index contributed by atoms with van der Waals surface area (Å²) in [5, 5.41) is 10.6. The van der Waals surface area contributed by atoms with Gasteiger partial charge >= 0.3 is 0 Å². The van der Waals surface area contributed by atoms with Gasteiger partial charge in [0.1, 0.15) is 17.5 Å². The molecule has 76 valence electrons. The van der Waals surface area contributed by atoms with Crippen LogP contribution in [-0.2, 0) is 0 Å². The van der Waals surface area contributed by atoms with Crippen LogP contribution in [0.5, 0.6) is 0 Å². The lowest BCUT2D eigenvalue weighted by Crippen LogP contribution is -1.73. The number of hydrogen-bond donors (Lipinski definition) is 0. The molecule has 0 saturated carbocycles. The van der Waals surface area contributed by atoms with Crippen molar-refractivity contribution >= 4 is 21.9 Å². The van der Waals surface area contributed by atoms with E-state index in [1.54, 1.807) is 18.2 Å². The fraction of sp³-hybridized carbons (Fsp3) is 0. The number of rotatable bonds is 0. The zero-order chi connectivity index (χ0) is 11.1. The Bertz CT molecular complexity index is 737. The van der Waals surface area contributed by atoms with Crippen molar-refractivity contribution in [3.05, 3.63) is 47.8 Å². The Labute approximate surface area is 90.5 Å². The van der Waals surface area contributed by atoms with Crippen LogP contribution in [0.25, 0.3) is 21.9 Å². The van der Waals surface area contributed by atoms with Gasteiger partial charge in [-0.3, -0.25) is 0 Å². The number of hydrogen-bond acceptors (Lipinski definition) is 2. The molecule has 1 heterocycles. The van der Waals surface area contributed by atoms with E-state index >= 15 is 0 Å². The van der Waals surface area contributed by atoms with Crippen molar-refractivity contribution in [1.29, 1.82) is 5.26 Å². The average molecular weight is 211 g/mol. The summed E-state index contributed by atoms with van der Waals surface area (Å²) in [6.07, 6.45) is 0. The third-order valence-corrected chi connectivity index (χ3v) is 2.58. The molecule has 0 unspecified atom stereocenters. The molecule has 0 aliphatic rings. The Kier molecular flexibility index (Phi) is 1.72. The van der Waals surface area contributed by atoms with Crippen molar-refractivity contribution in [3.8, 4) is 6.07 Å². The molecule has 0 N–H and O–H groups in total. The lowest BCUT2D eigenvalue weighted by molar-refractivity contribution is 0.618. The number of para-hydroxylation sites is 1. The molecule has 2 aromatic carbocycles. The standard InChI is InChI=1S/C13H6FNO/c14-9-4-5-10-11-3-1-2-8(7-15)13(11)16-12(10)6-9/h1-6H. The zero-order valence-corrected chi connectivity index (χ0v) is 8.20. The van der Waals surface area contributed by atoms with Gasteiger partial charge in [0.05, 0.1) is 5.56 Å². The fourth-order valence-electron chi connectivity index (χ4n) is 1.86. The maximum Gasteiger partial charge on any atom is 0.153 e. The van der Waals surface area contributed by atoms with Gasteiger partial charge in [-0.15, -0.1) is 0 Å². The molecule has 0 spiro atoms. The molecule has 2 nitrogen and oxygen atoms in total. The summed E-state index contributed by atoms with van der Waals surface area (Å²) in [5.41, 5.74) is 1.46. The maximum absolute atomic E-state index is 13.0. The van der Waals surface area contributed by atoms with Crippen LogP contribution in [0.3, 0.4) is 0 Å². The van der Waals surface area contributed by atoms with Gasteiger partial charge in [-0.25, -0.2) is 4.39 Å². The second-order valence-corrected chi connectivity index (χ2v) is 3.54. The van der Waals surface area contributed by atoms with Crippen molar-refractivity contribution in [2.75, 3.05) is 0 Å². The smallest absolute Gasteiger partial charge is 0.153 e. The number of nitrogens with zero attached hydrogens (tertiary/aromatic N) is 1. The first kappa shape index (κ1) is 8.93. The Morgan fingerprint density at radius 3 is 2.81 bits per heavy atom. The summed E-state index contributed by atoms with van der Waals surface area (Å²) in [7, 11) is 0. The normalized spacial score (nSPS) is 10.8. The van der Waals surface area contributed by atoms with Gasteiger partial charge in [0.15, 0.2) is 5.58 Å². The van der Waals surface area contributed by atoms with Crippen molar-refractivity contribution in [1.82, 2.24) is 0 Å². The minimum Gasteiger partial charge on any atom is -0.455 e. The first-order valence-corrected chi connectivity index (χ1v) is 4.80. The molecule has 16 heavy (non-hydrogen) atoms. The summed E-state index contributed by atoms with van der Waals surface area (Å²) in [6, 6.07) is 11.8. The molecule has 0 bridgehead atoms. The number of halogens is 1. The highest BCUT2D eigenvalue weighted by molar-refractivity contribution is 6.06. The van der Waals surface area contributed by atoms with Crippen molar-refractivity contribution in [3.63, 3.8) is 0 Å². The summed E-state index contributed by atoms with van der Waals surface area (Å²) in [4.78, 5) is 0. The molecule has 1 aromatic heterocycles. The molecule has 0 aliphatic heterocycles. The molecule has 0 radical (unpaired) electrons. The van der Waals surface area contributed by atoms with E-state index in [-0.39, 0.29) is 5.82 Å². The lowest BCUT2D eigenvalue weighted by atomic mass is 10.1. The quantitative estimate of drug-likeness (QED) is 0.569. The summed E-state index contributed by atoms with van der Waals surface area (Å²) in [6.45, 7) is 0. The van der Waals surface area contributed by atoms with Crippen LogP contribution >= 0.6 is 0 Å². The molecule has 3 heteroatoms. The first-order chi connectivity index (χ1) is 7.79. The van der Waals surface area contributed by atoms with Crippen LogP contribution in [0.15, 0.2) is 40.8 Å². The van der Waals surface area contributed by atoms with E-state index in [9.17, 15) is 4.39 Å². The molecule has 3 rings (SSSR count). The van der Waals surface area contributed by atoms with E-state index in [2.05, 4.69) is 6.07 Å². The first-order valence-electron chi connectivity index (χ1n) is 4.80. The van der Waals surface area contributed by atoms with Gasteiger partial charge in [0.2, 0.25) is 0 Å². The topological polar surface area (TPSA) is 36.9 Å². The van der Waals surface area contributed by atoms with Crippen molar-refractivity contribution < 1.29 is 8.81 Å². The minimum absolute atomic E-state index is 0.343. The second kappa shape index (κ2) is 3.07. The van der Waals surface area contributed by atoms with E-state index in [0.717, 1.165) is 10.8 Å². The highest BCUT2D eigenvalue weighted by Crippen LogP contribution is 2.30. The van der Waals surface area contributed by atoms with Crippen LogP contribution in [0.4, 0.5) is 4.39 Å². The van der Waals surface area contributed by atoms with Crippen LogP contribution in [0, 0.1) is 17.1 Å². The fourth-order valence-corrected chi connectivity index (χ4v) is 1.86. The molecule has 0 atom stereocenters. The molecule has 0 amide bonds. The molecule has 0 saturated heterocycles. The van der Waals surface area contributed by atoms with Gasteiger partial charge in [0.25, 0.3) is 0 Å². The molecule has 0 fully saturated rings. The van der Waals surface area contributed by atoms with Crippen LogP contribution < -0.4 is 0 Å². The van der Waals surface area contributed by atoms with Crippen molar-refractivity contribution in [2.45, 2.75) is 0 Å². The van der Waals surface area contributed by atoms with E-state index in [1.807, 2.05) is 6.07 Å². The monoisotopic (exact) mass is 211 g/mol. The number of fused-ring (bicyclic) bond motifs is 3. The van der Waals surface area contributed by atoms with Gasteiger partial charge < -0.3 is 4.42 Å². The van der Waals surface area contributed by atoms with Gasteiger partial charge in [-0.1, -0.05) is 12.1 Å². The average Bonchev–Trinajstić information content (AvgIpc) is 2.65. The predicted molar refractivity (Wildman–Crippen MR) is 58.4 cm³/mol. The zero-order valence-electron chi connectivity index (χ0n) is 8.20. The Hall–Kier alpha value is -2.34. The number of nitriles is 1. The van der Waals surface area contributed by atoms with Gasteiger partial charge in [-0.2, -0.15) is 5.26 Å². The highest BCUT2D eigenvalue weighted by atomic mass is 19.1.